The van der Waals surface area contributed by atoms with Gasteiger partial charge in [0.15, 0.2) is 0 Å². The molecular weight excluding hydrogens is 277 g/mol. The summed E-state index contributed by atoms with van der Waals surface area (Å²) in [6.45, 7) is 0. The third kappa shape index (κ3) is 2.46. The largest absolute Gasteiger partial charge is 0.241 e. The summed E-state index contributed by atoms with van der Waals surface area (Å²) >= 11 is 0. The van der Waals surface area contributed by atoms with Crippen molar-refractivity contribution in [1.82, 2.24) is 4.72 Å². The zero-order valence-corrected chi connectivity index (χ0v) is 11.5. The Labute approximate surface area is 117 Å². The van der Waals surface area contributed by atoms with Crippen molar-refractivity contribution in [3.05, 3.63) is 65.5 Å². The molecule has 0 bridgehead atoms. The molecule has 0 heterocycles. The summed E-state index contributed by atoms with van der Waals surface area (Å²) < 4.78 is 40.1. The predicted molar refractivity (Wildman–Crippen MR) is 74.2 cm³/mol. The standard InChI is InChI=1S/C15H14FNO2S/c16-12-6-8-13(9-7-12)20(18,19)17-15-10-5-11-3-1-2-4-14(11)15/h1-4,6-9,15,17H,5,10H2/t15-/m1/s1. The number of aryl methyl sites for hydroxylation is 1. The Morgan fingerprint density at radius 1 is 1.05 bits per heavy atom. The highest BCUT2D eigenvalue weighted by Crippen LogP contribution is 2.31. The van der Waals surface area contributed by atoms with E-state index in [0.717, 1.165) is 30.5 Å². The fourth-order valence-corrected chi connectivity index (χ4v) is 3.80. The molecule has 1 atom stereocenters. The summed E-state index contributed by atoms with van der Waals surface area (Å²) in [5.74, 6) is -0.449. The van der Waals surface area contributed by atoms with E-state index >= 15 is 0 Å². The summed E-state index contributed by atoms with van der Waals surface area (Å²) in [5, 5.41) is 0. The molecule has 1 N–H and O–H groups in total. The van der Waals surface area contributed by atoms with Gasteiger partial charge in [-0.2, -0.15) is 0 Å². The first-order valence-electron chi connectivity index (χ1n) is 6.42. The molecule has 0 unspecified atom stereocenters. The topological polar surface area (TPSA) is 46.2 Å². The molecule has 104 valence electrons. The van der Waals surface area contributed by atoms with E-state index in [2.05, 4.69) is 4.72 Å². The summed E-state index contributed by atoms with van der Waals surface area (Å²) in [6, 6.07) is 12.5. The van der Waals surface area contributed by atoms with Crippen molar-refractivity contribution in [2.75, 3.05) is 0 Å². The van der Waals surface area contributed by atoms with Gasteiger partial charge in [0.1, 0.15) is 5.82 Å². The normalized spacial score (nSPS) is 17.9. The van der Waals surface area contributed by atoms with Gasteiger partial charge >= 0.3 is 0 Å². The lowest BCUT2D eigenvalue weighted by molar-refractivity contribution is 0.554. The Hall–Kier alpha value is -1.72. The molecule has 5 heteroatoms. The van der Waals surface area contributed by atoms with E-state index in [1.54, 1.807) is 0 Å². The van der Waals surface area contributed by atoms with Crippen molar-refractivity contribution in [2.24, 2.45) is 0 Å². The molecule has 0 saturated carbocycles. The molecule has 3 nitrogen and oxygen atoms in total. The molecule has 2 aromatic rings. The van der Waals surface area contributed by atoms with E-state index < -0.39 is 15.8 Å². The Morgan fingerprint density at radius 2 is 1.75 bits per heavy atom. The van der Waals surface area contributed by atoms with Crippen molar-refractivity contribution in [3.8, 4) is 0 Å². The van der Waals surface area contributed by atoms with Crippen LogP contribution in [0.15, 0.2) is 53.4 Å². The molecule has 0 radical (unpaired) electrons. The van der Waals surface area contributed by atoms with Crippen LogP contribution >= 0.6 is 0 Å². The molecule has 0 aromatic heterocycles. The second kappa shape index (κ2) is 5.00. The first-order valence-corrected chi connectivity index (χ1v) is 7.90. The highest BCUT2D eigenvalue weighted by molar-refractivity contribution is 7.89. The predicted octanol–water partition coefficient (Wildman–Crippen LogP) is 2.79. The quantitative estimate of drug-likeness (QED) is 0.945. The Balaban J connectivity index is 1.86. The van der Waals surface area contributed by atoms with Crippen molar-refractivity contribution >= 4 is 10.0 Å². The Morgan fingerprint density at radius 3 is 2.50 bits per heavy atom. The van der Waals surface area contributed by atoms with E-state index in [-0.39, 0.29) is 10.9 Å². The maximum Gasteiger partial charge on any atom is 0.241 e. The van der Waals surface area contributed by atoms with E-state index in [0.29, 0.717) is 0 Å². The first-order chi connectivity index (χ1) is 9.56. The van der Waals surface area contributed by atoms with Crippen LogP contribution in [0.5, 0.6) is 0 Å². The van der Waals surface area contributed by atoms with Crippen LogP contribution in [0.2, 0.25) is 0 Å². The van der Waals surface area contributed by atoms with Crippen LogP contribution in [0.3, 0.4) is 0 Å². The zero-order chi connectivity index (χ0) is 14.2. The number of benzene rings is 2. The van der Waals surface area contributed by atoms with Crippen molar-refractivity contribution in [3.63, 3.8) is 0 Å². The highest BCUT2D eigenvalue weighted by atomic mass is 32.2. The maximum absolute atomic E-state index is 12.9. The number of fused-ring (bicyclic) bond motifs is 1. The van der Waals surface area contributed by atoms with Gasteiger partial charge in [-0.3, -0.25) is 0 Å². The summed E-state index contributed by atoms with van der Waals surface area (Å²) in [6.07, 6.45) is 1.62. The number of hydrogen-bond donors (Lipinski definition) is 1. The van der Waals surface area contributed by atoms with Gasteiger partial charge in [0.05, 0.1) is 4.90 Å². The van der Waals surface area contributed by atoms with Crippen LogP contribution in [0.1, 0.15) is 23.6 Å². The molecule has 0 amide bonds. The number of halogens is 1. The van der Waals surface area contributed by atoms with Gasteiger partial charge in [-0.15, -0.1) is 0 Å². The third-order valence-corrected chi connectivity index (χ3v) is 5.04. The lowest BCUT2D eigenvalue weighted by Crippen LogP contribution is -2.27. The SMILES string of the molecule is O=S(=O)(N[C@@H]1CCc2ccccc21)c1ccc(F)cc1. The van der Waals surface area contributed by atoms with Crippen molar-refractivity contribution in [2.45, 2.75) is 23.8 Å². The molecule has 1 aliphatic rings. The highest BCUT2D eigenvalue weighted by Gasteiger charge is 2.27. The Kier molecular flexibility index (Phi) is 3.31. The van der Waals surface area contributed by atoms with Gasteiger partial charge in [-0.25, -0.2) is 17.5 Å². The molecular formula is C15H14FNO2S. The lowest BCUT2D eigenvalue weighted by Gasteiger charge is -2.14. The smallest absolute Gasteiger partial charge is 0.207 e. The maximum atomic E-state index is 12.9. The zero-order valence-electron chi connectivity index (χ0n) is 10.7. The molecule has 2 aromatic carbocycles. The van der Waals surface area contributed by atoms with E-state index in [1.165, 1.54) is 17.7 Å². The molecule has 20 heavy (non-hydrogen) atoms. The van der Waals surface area contributed by atoms with Crippen molar-refractivity contribution < 1.29 is 12.8 Å². The van der Waals surface area contributed by atoms with Gasteiger partial charge in [-0.05, 0) is 48.2 Å². The van der Waals surface area contributed by atoms with Crippen molar-refractivity contribution in [1.29, 1.82) is 0 Å². The van der Waals surface area contributed by atoms with Gasteiger partial charge in [-0.1, -0.05) is 24.3 Å². The molecule has 0 saturated heterocycles. The van der Waals surface area contributed by atoms with E-state index in [1.807, 2.05) is 24.3 Å². The molecule has 0 aliphatic heterocycles. The van der Waals surface area contributed by atoms with Gasteiger partial charge < -0.3 is 0 Å². The van der Waals surface area contributed by atoms with Crippen LogP contribution in [0.4, 0.5) is 4.39 Å². The average molecular weight is 291 g/mol. The van der Waals surface area contributed by atoms with Gasteiger partial charge in [0, 0.05) is 6.04 Å². The number of sulfonamides is 1. The monoisotopic (exact) mass is 291 g/mol. The second-order valence-corrected chi connectivity index (χ2v) is 6.58. The molecule has 3 rings (SSSR count). The molecule has 1 aliphatic carbocycles. The molecule has 0 spiro atoms. The minimum atomic E-state index is -3.62. The van der Waals surface area contributed by atoms with Crippen LogP contribution in [-0.2, 0) is 16.4 Å². The van der Waals surface area contributed by atoms with Crippen LogP contribution in [0.25, 0.3) is 0 Å². The fourth-order valence-electron chi connectivity index (χ4n) is 2.55. The second-order valence-electron chi connectivity index (χ2n) is 4.87. The third-order valence-electron chi connectivity index (χ3n) is 3.55. The molecule has 0 fully saturated rings. The van der Waals surface area contributed by atoms with Gasteiger partial charge in [0.25, 0.3) is 0 Å². The fraction of sp³-hybridized carbons (Fsp3) is 0.200. The van der Waals surface area contributed by atoms with E-state index in [9.17, 15) is 12.8 Å². The van der Waals surface area contributed by atoms with Gasteiger partial charge in [0.2, 0.25) is 10.0 Å². The van der Waals surface area contributed by atoms with E-state index in [4.69, 9.17) is 0 Å². The number of rotatable bonds is 3. The minimum Gasteiger partial charge on any atom is -0.207 e. The lowest BCUT2D eigenvalue weighted by atomic mass is 10.1. The Bertz CT molecular complexity index is 726. The number of nitrogens with one attached hydrogen (secondary N) is 1. The van der Waals surface area contributed by atoms with Crippen LogP contribution in [0, 0.1) is 5.82 Å². The summed E-state index contributed by atoms with van der Waals surface area (Å²) in [7, 11) is -3.62. The van der Waals surface area contributed by atoms with Crippen LogP contribution in [-0.4, -0.2) is 8.42 Å². The number of hydrogen-bond acceptors (Lipinski definition) is 2. The minimum absolute atomic E-state index is 0.0864. The first kappa shape index (κ1) is 13.3. The summed E-state index contributed by atoms with van der Waals surface area (Å²) in [5.41, 5.74) is 2.21. The van der Waals surface area contributed by atoms with Crippen LogP contribution < -0.4 is 4.72 Å². The summed E-state index contributed by atoms with van der Waals surface area (Å²) in [4.78, 5) is 0.0864. The average Bonchev–Trinajstić information content (AvgIpc) is 2.82.